The largest absolute Gasteiger partial charge is 0.340 e. The number of hydrogen-bond donors (Lipinski definition) is 0. The summed E-state index contributed by atoms with van der Waals surface area (Å²) < 4.78 is 0. The Bertz CT molecular complexity index is 885. The van der Waals surface area contributed by atoms with E-state index in [1.165, 1.54) is 17.8 Å². The molecule has 0 bridgehead atoms. The second-order valence-corrected chi connectivity index (χ2v) is 8.58. The van der Waals surface area contributed by atoms with Gasteiger partial charge in [-0.3, -0.25) is 19.8 Å². The molecule has 0 aromatic heterocycles. The fourth-order valence-electron chi connectivity index (χ4n) is 3.75. The minimum absolute atomic E-state index is 0.0362. The standard InChI is InChI=1S/C22H27N3O3S/c1-4-24-13-5-6-18(24)15-23(3)22(26)17-9-12-21(20(14-17)25(27)28)29-19-10-7-16(2)8-11-19/h7-12,14,18H,4-6,13,15H2,1-3H3. The van der Waals surface area contributed by atoms with E-state index in [1.807, 2.05) is 31.2 Å². The molecule has 7 heteroatoms. The van der Waals surface area contributed by atoms with Gasteiger partial charge >= 0.3 is 0 Å². The van der Waals surface area contributed by atoms with E-state index in [4.69, 9.17) is 0 Å². The number of likely N-dealkylation sites (N-methyl/N-ethyl adjacent to an activating group) is 2. The van der Waals surface area contributed by atoms with Crippen LogP contribution in [0.5, 0.6) is 0 Å². The van der Waals surface area contributed by atoms with Crippen LogP contribution in [0.2, 0.25) is 0 Å². The van der Waals surface area contributed by atoms with Gasteiger partial charge in [-0.1, -0.05) is 36.4 Å². The van der Waals surface area contributed by atoms with Gasteiger partial charge in [0.25, 0.3) is 11.6 Å². The fraction of sp³-hybridized carbons (Fsp3) is 0.409. The number of hydrogen-bond acceptors (Lipinski definition) is 5. The third kappa shape index (κ3) is 5.16. The number of aryl methyl sites for hydroxylation is 1. The molecule has 0 aliphatic carbocycles. The molecule has 0 N–H and O–H groups in total. The number of nitro benzene ring substituents is 1. The summed E-state index contributed by atoms with van der Waals surface area (Å²) in [4.78, 5) is 29.6. The Labute approximate surface area is 176 Å². The molecule has 1 aliphatic heterocycles. The third-order valence-corrected chi connectivity index (χ3v) is 6.46. The predicted molar refractivity (Wildman–Crippen MR) is 116 cm³/mol. The number of carbonyl (C=O) groups excluding carboxylic acids is 1. The predicted octanol–water partition coefficient (Wildman–Crippen LogP) is 4.61. The average Bonchev–Trinajstić information content (AvgIpc) is 3.16. The highest BCUT2D eigenvalue weighted by Gasteiger charge is 2.27. The molecule has 2 aromatic carbocycles. The van der Waals surface area contributed by atoms with E-state index < -0.39 is 4.92 Å². The van der Waals surface area contributed by atoms with E-state index in [0.29, 0.717) is 23.0 Å². The first kappa shape index (κ1) is 21.3. The third-order valence-electron chi connectivity index (χ3n) is 5.39. The minimum Gasteiger partial charge on any atom is -0.340 e. The molecule has 0 saturated carbocycles. The molecule has 29 heavy (non-hydrogen) atoms. The highest BCUT2D eigenvalue weighted by atomic mass is 32.2. The normalized spacial score (nSPS) is 16.7. The maximum atomic E-state index is 12.9. The lowest BCUT2D eigenvalue weighted by molar-refractivity contribution is -0.387. The van der Waals surface area contributed by atoms with Crippen LogP contribution in [0.1, 0.15) is 35.7 Å². The second kappa shape index (κ2) is 9.41. The van der Waals surface area contributed by atoms with Crippen molar-refractivity contribution in [3.63, 3.8) is 0 Å². The van der Waals surface area contributed by atoms with Crippen molar-refractivity contribution in [2.24, 2.45) is 0 Å². The highest BCUT2D eigenvalue weighted by molar-refractivity contribution is 7.99. The molecule has 1 heterocycles. The van der Waals surface area contributed by atoms with Crippen molar-refractivity contribution >= 4 is 23.4 Å². The Balaban J connectivity index is 1.77. The van der Waals surface area contributed by atoms with Gasteiger partial charge in [-0.15, -0.1) is 0 Å². The van der Waals surface area contributed by atoms with Gasteiger partial charge in [-0.05, 0) is 57.1 Å². The zero-order valence-electron chi connectivity index (χ0n) is 17.1. The Morgan fingerprint density at radius 3 is 2.66 bits per heavy atom. The average molecular weight is 414 g/mol. The Hall–Kier alpha value is -2.38. The van der Waals surface area contributed by atoms with Crippen molar-refractivity contribution in [3.8, 4) is 0 Å². The molecule has 154 valence electrons. The van der Waals surface area contributed by atoms with Gasteiger partial charge in [0.15, 0.2) is 0 Å². The minimum atomic E-state index is -0.414. The monoisotopic (exact) mass is 413 g/mol. The van der Waals surface area contributed by atoms with Gasteiger partial charge in [-0.2, -0.15) is 0 Å². The summed E-state index contributed by atoms with van der Waals surface area (Å²) in [5.74, 6) is -0.178. The summed E-state index contributed by atoms with van der Waals surface area (Å²) in [6.45, 7) is 6.82. The van der Waals surface area contributed by atoms with Crippen LogP contribution in [0, 0.1) is 17.0 Å². The summed E-state index contributed by atoms with van der Waals surface area (Å²) in [6.07, 6.45) is 2.23. The summed E-state index contributed by atoms with van der Waals surface area (Å²) in [5.41, 5.74) is 1.45. The van der Waals surface area contributed by atoms with Crippen LogP contribution in [0.25, 0.3) is 0 Å². The molecule has 3 rings (SSSR count). The smallest absolute Gasteiger partial charge is 0.284 e. The summed E-state index contributed by atoms with van der Waals surface area (Å²) in [5, 5.41) is 11.6. The lowest BCUT2D eigenvalue weighted by Gasteiger charge is -2.27. The van der Waals surface area contributed by atoms with Gasteiger partial charge in [0.2, 0.25) is 0 Å². The number of likely N-dealkylation sites (tertiary alicyclic amines) is 1. The van der Waals surface area contributed by atoms with Crippen LogP contribution < -0.4 is 0 Å². The van der Waals surface area contributed by atoms with Crippen LogP contribution in [-0.2, 0) is 0 Å². The SMILES string of the molecule is CCN1CCCC1CN(C)C(=O)c1ccc(Sc2ccc(C)cc2)c([N+](=O)[O-])c1. The molecule has 1 aliphatic rings. The molecular weight excluding hydrogens is 386 g/mol. The van der Waals surface area contributed by atoms with Crippen LogP contribution in [0.15, 0.2) is 52.3 Å². The molecule has 6 nitrogen and oxygen atoms in total. The highest BCUT2D eigenvalue weighted by Crippen LogP contribution is 2.35. The quantitative estimate of drug-likeness (QED) is 0.490. The van der Waals surface area contributed by atoms with Crippen LogP contribution >= 0.6 is 11.8 Å². The summed E-state index contributed by atoms with van der Waals surface area (Å²) in [7, 11) is 1.77. The maximum Gasteiger partial charge on any atom is 0.284 e. The van der Waals surface area contributed by atoms with Crippen LogP contribution in [-0.4, -0.2) is 53.4 Å². The van der Waals surface area contributed by atoms with E-state index in [1.54, 1.807) is 24.1 Å². The van der Waals surface area contributed by atoms with Gasteiger partial charge in [0.1, 0.15) is 0 Å². The molecule has 1 amide bonds. The Kier molecular flexibility index (Phi) is 6.92. The van der Waals surface area contributed by atoms with Crippen molar-refractivity contribution in [1.82, 2.24) is 9.80 Å². The van der Waals surface area contributed by atoms with Crippen LogP contribution in [0.3, 0.4) is 0 Å². The lowest BCUT2D eigenvalue weighted by Crippen LogP contribution is -2.41. The van der Waals surface area contributed by atoms with Crippen molar-refractivity contribution in [3.05, 3.63) is 63.7 Å². The Morgan fingerprint density at radius 1 is 1.28 bits per heavy atom. The zero-order valence-corrected chi connectivity index (χ0v) is 17.9. The number of rotatable bonds is 7. The Morgan fingerprint density at radius 2 is 2.00 bits per heavy atom. The summed E-state index contributed by atoms with van der Waals surface area (Å²) in [6, 6.07) is 13.0. The zero-order chi connectivity index (χ0) is 21.0. The topological polar surface area (TPSA) is 66.7 Å². The van der Waals surface area contributed by atoms with Gasteiger partial charge < -0.3 is 4.90 Å². The fourth-order valence-corrected chi connectivity index (χ4v) is 4.65. The van der Waals surface area contributed by atoms with E-state index in [2.05, 4.69) is 11.8 Å². The molecule has 0 radical (unpaired) electrons. The van der Waals surface area contributed by atoms with Crippen molar-refractivity contribution in [2.45, 2.75) is 42.5 Å². The van der Waals surface area contributed by atoms with Crippen molar-refractivity contribution < 1.29 is 9.72 Å². The van der Waals surface area contributed by atoms with Gasteiger partial charge in [-0.25, -0.2) is 0 Å². The first-order chi connectivity index (χ1) is 13.9. The molecule has 1 atom stereocenters. The van der Waals surface area contributed by atoms with Gasteiger partial charge in [0.05, 0.1) is 9.82 Å². The molecular formula is C22H27N3O3S. The number of nitrogens with zero attached hydrogens (tertiary/aromatic N) is 3. The van der Waals surface area contributed by atoms with E-state index in [9.17, 15) is 14.9 Å². The molecule has 2 aromatic rings. The number of benzene rings is 2. The molecule has 0 spiro atoms. The second-order valence-electron chi connectivity index (χ2n) is 7.47. The van der Waals surface area contributed by atoms with Crippen LogP contribution in [0.4, 0.5) is 5.69 Å². The maximum absolute atomic E-state index is 12.9. The van der Waals surface area contributed by atoms with E-state index >= 15 is 0 Å². The van der Waals surface area contributed by atoms with E-state index in [-0.39, 0.29) is 11.6 Å². The molecule has 1 fully saturated rings. The molecule has 1 saturated heterocycles. The van der Waals surface area contributed by atoms with Gasteiger partial charge in [0, 0.05) is 36.2 Å². The molecule has 1 unspecified atom stereocenters. The first-order valence-electron chi connectivity index (χ1n) is 9.91. The van der Waals surface area contributed by atoms with Crippen molar-refractivity contribution in [2.75, 3.05) is 26.7 Å². The lowest BCUT2D eigenvalue weighted by atomic mass is 10.1. The number of nitro groups is 1. The number of carbonyl (C=O) groups is 1. The van der Waals surface area contributed by atoms with E-state index in [0.717, 1.165) is 36.4 Å². The summed E-state index contributed by atoms with van der Waals surface area (Å²) >= 11 is 1.34. The number of amides is 1. The first-order valence-corrected chi connectivity index (χ1v) is 10.7. The van der Waals surface area contributed by atoms with Crippen molar-refractivity contribution in [1.29, 1.82) is 0 Å².